The molecule has 0 aliphatic heterocycles. The van der Waals surface area contributed by atoms with Gasteiger partial charge in [-0.15, -0.1) is 0 Å². The molecule has 2 rings (SSSR count). The average molecular weight is 288 g/mol. The van der Waals surface area contributed by atoms with Crippen LogP contribution < -0.4 is 11.2 Å². The largest absolute Gasteiger partial charge is 0.375 e. The van der Waals surface area contributed by atoms with Crippen LogP contribution in [0.5, 0.6) is 0 Å². The van der Waals surface area contributed by atoms with Gasteiger partial charge in [-0.1, -0.05) is 48.1 Å². The Balaban J connectivity index is 2.05. The molecule has 104 valence electrons. The van der Waals surface area contributed by atoms with Crippen molar-refractivity contribution < 1.29 is 4.79 Å². The van der Waals surface area contributed by atoms with Crippen LogP contribution in [0.2, 0.25) is 0 Å². The van der Waals surface area contributed by atoms with Crippen molar-refractivity contribution in [1.29, 1.82) is 0 Å². The third kappa shape index (κ3) is 3.42. The minimum absolute atomic E-state index is 0.278. The number of amides is 1. The van der Waals surface area contributed by atoms with Gasteiger partial charge in [-0.3, -0.25) is 4.79 Å². The van der Waals surface area contributed by atoms with E-state index in [2.05, 4.69) is 15.5 Å². The molecule has 0 unspecified atom stereocenters. The quantitative estimate of drug-likeness (QED) is 0.669. The SMILES string of the molecule is CCc1nc(N)sc1C(=O)NN=Cc1cccc(C)c1. The van der Waals surface area contributed by atoms with Crippen LogP contribution >= 0.6 is 11.3 Å². The maximum Gasteiger partial charge on any atom is 0.283 e. The van der Waals surface area contributed by atoms with Crippen LogP contribution in [0.3, 0.4) is 0 Å². The first-order valence-corrected chi connectivity index (χ1v) is 7.07. The van der Waals surface area contributed by atoms with Crippen molar-refractivity contribution >= 4 is 28.6 Å². The summed E-state index contributed by atoms with van der Waals surface area (Å²) in [6.45, 7) is 3.94. The van der Waals surface area contributed by atoms with Crippen LogP contribution in [0.4, 0.5) is 5.13 Å². The van der Waals surface area contributed by atoms with Crippen molar-refractivity contribution in [2.45, 2.75) is 20.3 Å². The highest BCUT2D eigenvalue weighted by Gasteiger charge is 2.15. The van der Waals surface area contributed by atoms with Crippen LogP contribution in [0, 0.1) is 6.92 Å². The fourth-order valence-electron chi connectivity index (χ4n) is 1.75. The van der Waals surface area contributed by atoms with Gasteiger partial charge in [-0.05, 0) is 18.9 Å². The summed E-state index contributed by atoms with van der Waals surface area (Å²) in [5, 5.41) is 4.36. The molecule has 0 fully saturated rings. The highest BCUT2D eigenvalue weighted by Crippen LogP contribution is 2.20. The first-order valence-electron chi connectivity index (χ1n) is 6.25. The Hall–Kier alpha value is -2.21. The van der Waals surface area contributed by atoms with Crippen molar-refractivity contribution in [3.8, 4) is 0 Å². The summed E-state index contributed by atoms with van der Waals surface area (Å²) in [6, 6.07) is 7.85. The second-order valence-corrected chi connectivity index (χ2v) is 5.33. The molecule has 0 aliphatic rings. The van der Waals surface area contributed by atoms with Gasteiger partial charge in [0, 0.05) is 0 Å². The number of benzene rings is 1. The predicted molar refractivity (Wildman–Crippen MR) is 82.1 cm³/mol. The Morgan fingerprint density at radius 1 is 1.55 bits per heavy atom. The lowest BCUT2D eigenvalue weighted by atomic mass is 10.2. The number of nitrogens with zero attached hydrogens (tertiary/aromatic N) is 2. The topological polar surface area (TPSA) is 80.4 Å². The van der Waals surface area contributed by atoms with E-state index in [1.807, 2.05) is 38.1 Å². The van der Waals surface area contributed by atoms with E-state index in [0.29, 0.717) is 22.1 Å². The number of carbonyl (C=O) groups is 1. The number of anilines is 1. The zero-order valence-electron chi connectivity index (χ0n) is 11.4. The molecule has 1 aromatic carbocycles. The molecule has 0 saturated heterocycles. The molecule has 6 heteroatoms. The summed E-state index contributed by atoms with van der Waals surface area (Å²) >= 11 is 1.18. The maximum atomic E-state index is 12.0. The Kier molecular flexibility index (Phi) is 4.47. The number of aromatic nitrogens is 1. The number of thiazole rings is 1. The summed E-state index contributed by atoms with van der Waals surface area (Å²) < 4.78 is 0. The molecule has 0 radical (unpaired) electrons. The Bertz CT molecular complexity index is 648. The molecule has 0 saturated carbocycles. The van der Waals surface area contributed by atoms with Crippen LogP contribution in [0.15, 0.2) is 29.4 Å². The zero-order valence-corrected chi connectivity index (χ0v) is 12.2. The molecule has 5 nitrogen and oxygen atoms in total. The zero-order chi connectivity index (χ0) is 14.5. The molecule has 0 aliphatic carbocycles. The molecule has 1 aromatic heterocycles. The molecule has 1 heterocycles. The molecule has 0 atom stereocenters. The number of hydrogen-bond acceptors (Lipinski definition) is 5. The van der Waals surface area contributed by atoms with Crippen LogP contribution in [0.25, 0.3) is 0 Å². The minimum Gasteiger partial charge on any atom is -0.375 e. The van der Waals surface area contributed by atoms with Gasteiger partial charge in [0.2, 0.25) is 0 Å². The highest BCUT2D eigenvalue weighted by atomic mass is 32.1. The third-order valence-corrected chi connectivity index (χ3v) is 3.60. The second kappa shape index (κ2) is 6.29. The van der Waals surface area contributed by atoms with E-state index < -0.39 is 0 Å². The lowest BCUT2D eigenvalue weighted by Gasteiger charge is -1.99. The number of hydrogen-bond donors (Lipinski definition) is 2. The van der Waals surface area contributed by atoms with Crippen molar-refractivity contribution in [2.75, 3.05) is 5.73 Å². The van der Waals surface area contributed by atoms with Gasteiger partial charge in [0.25, 0.3) is 5.91 Å². The van der Waals surface area contributed by atoms with Crippen molar-refractivity contribution in [3.63, 3.8) is 0 Å². The fourth-order valence-corrected chi connectivity index (χ4v) is 2.56. The first kappa shape index (κ1) is 14.2. The predicted octanol–water partition coefficient (Wildman–Crippen LogP) is 2.36. The summed E-state index contributed by atoms with van der Waals surface area (Å²) in [4.78, 5) is 16.6. The summed E-state index contributed by atoms with van der Waals surface area (Å²) in [7, 11) is 0. The summed E-state index contributed by atoms with van der Waals surface area (Å²) in [5.41, 5.74) is 10.9. The van der Waals surface area contributed by atoms with E-state index in [1.54, 1.807) is 6.21 Å². The first-order chi connectivity index (χ1) is 9.60. The molecular formula is C14H16N4OS. The van der Waals surface area contributed by atoms with E-state index in [4.69, 9.17) is 5.73 Å². The third-order valence-electron chi connectivity index (χ3n) is 2.68. The maximum absolute atomic E-state index is 12.0. The number of rotatable bonds is 4. The van der Waals surface area contributed by atoms with Gasteiger partial charge >= 0.3 is 0 Å². The van der Waals surface area contributed by atoms with Gasteiger partial charge in [-0.25, -0.2) is 10.4 Å². The number of aryl methyl sites for hydroxylation is 2. The van der Waals surface area contributed by atoms with Crippen LogP contribution in [-0.2, 0) is 6.42 Å². The van der Waals surface area contributed by atoms with E-state index in [1.165, 1.54) is 11.3 Å². The molecule has 2 aromatic rings. The monoisotopic (exact) mass is 288 g/mol. The van der Waals surface area contributed by atoms with Gasteiger partial charge < -0.3 is 5.73 Å². The number of nitrogens with two attached hydrogens (primary N) is 1. The van der Waals surface area contributed by atoms with Crippen LogP contribution in [0.1, 0.15) is 33.4 Å². The lowest BCUT2D eigenvalue weighted by Crippen LogP contribution is -2.17. The summed E-state index contributed by atoms with van der Waals surface area (Å²) in [5.74, 6) is -0.278. The molecular weight excluding hydrogens is 272 g/mol. The molecule has 20 heavy (non-hydrogen) atoms. The number of hydrazone groups is 1. The van der Waals surface area contributed by atoms with Gasteiger partial charge in [0.15, 0.2) is 5.13 Å². The average Bonchev–Trinajstić information content (AvgIpc) is 2.80. The molecule has 3 N–H and O–H groups in total. The van der Waals surface area contributed by atoms with Gasteiger partial charge in [-0.2, -0.15) is 5.10 Å². The normalized spacial score (nSPS) is 10.9. The van der Waals surface area contributed by atoms with Crippen molar-refractivity contribution in [2.24, 2.45) is 5.10 Å². The van der Waals surface area contributed by atoms with E-state index >= 15 is 0 Å². The molecule has 0 spiro atoms. The number of carbonyl (C=O) groups excluding carboxylic acids is 1. The Morgan fingerprint density at radius 2 is 2.35 bits per heavy atom. The highest BCUT2D eigenvalue weighted by molar-refractivity contribution is 7.17. The van der Waals surface area contributed by atoms with Crippen molar-refractivity contribution in [3.05, 3.63) is 46.0 Å². The fraction of sp³-hybridized carbons (Fsp3) is 0.214. The minimum atomic E-state index is -0.278. The standard InChI is InChI=1S/C14H16N4OS/c1-3-11-12(20-14(15)17-11)13(19)18-16-8-10-6-4-5-9(2)7-10/h4-8H,3H2,1-2H3,(H2,15,17)(H,18,19). The second-order valence-electron chi connectivity index (χ2n) is 4.29. The smallest absolute Gasteiger partial charge is 0.283 e. The lowest BCUT2D eigenvalue weighted by molar-refractivity contribution is 0.0958. The van der Waals surface area contributed by atoms with E-state index in [9.17, 15) is 4.79 Å². The van der Waals surface area contributed by atoms with Gasteiger partial charge in [0.1, 0.15) is 4.88 Å². The van der Waals surface area contributed by atoms with E-state index in [0.717, 1.165) is 11.1 Å². The number of nitrogen functional groups attached to an aromatic ring is 1. The van der Waals surface area contributed by atoms with Crippen LogP contribution in [-0.4, -0.2) is 17.1 Å². The summed E-state index contributed by atoms with van der Waals surface area (Å²) in [6.07, 6.45) is 2.28. The van der Waals surface area contributed by atoms with Gasteiger partial charge in [0.05, 0.1) is 11.9 Å². The van der Waals surface area contributed by atoms with Crippen molar-refractivity contribution in [1.82, 2.24) is 10.4 Å². The Morgan fingerprint density at radius 3 is 3.05 bits per heavy atom. The Labute approximate surface area is 121 Å². The van der Waals surface area contributed by atoms with E-state index in [-0.39, 0.29) is 5.91 Å². The molecule has 0 bridgehead atoms. The molecule has 1 amide bonds. The number of nitrogens with one attached hydrogen (secondary N) is 1.